The topological polar surface area (TPSA) is 78.2 Å². The molecule has 8 heteroatoms. The van der Waals surface area contributed by atoms with Crippen LogP contribution < -0.4 is 10.1 Å². The first-order valence-corrected chi connectivity index (χ1v) is 6.51. The number of rotatable bonds is 5. The smallest absolute Gasteiger partial charge is 0.405 e. The highest BCUT2D eigenvalue weighted by atomic mass is 19.4. The second-order valence-corrected chi connectivity index (χ2v) is 4.51. The fraction of sp³-hybridized carbons (Fsp3) is 0.200. The van der Waals surface area contributed by atoms with Gasteiger partial charge in [-0.2, -0.15) is 5.26 Å². The van der Waals surface area contributed by atoms with Crippen molar-refractivity contribution >= 4 is 5.69 Å². The molecule has 0 fully saturated rings. The highest BCUT2D eigenvalue weighted by Crippen LogP contribution is 2.31. The SMILES string of the molecule is N#Cc1ccc(N[C@H](CO)c2ccccc2OC(F)(F)F)cn1. The quantitative estimate of drug-likeness (QED) is 0.884. The minimum absolute atomic E-state index is 0.150. The first kappa shape index (κ1) is 16.6. The lowest BCUT2D eigenvalue weighted by atomic mass is 10.1. The fourth-order valence-corrected chi connectivity index (χ4v) is 1.95. The maximum Gasteiger partial charge on any atom is 0.573 e. The lowest BCUT2D eigenvalue weighted by Crippen LogP contribution is -2.21. The van der Waals surface area contributed by atoms with Crippen molar-refractivity contribution in [3.05, 3.63) is 53.9 Å². The van der Waals surface area contributed by atoms with Crippen molar-refractivity contribution in [3.63, 3.8) is 0 Å². The molecule has 2 rings (SSSR count). The van der Waals surface area contributed by atoms with Crippen molar-refractivity contribution in [2.45, 2.75) is 12.4 Å². The molecule has 0 aliphatic carbocycles. The van der Waals surface area contributed by atoms with Crippen LogP contribution in [0.1, 0.15) is 17.3 Å². The monoisotopic (exact) mass is 323 g/mol. The van der Waals surface area contributed by atoms with Crippen LogP contribution >= 0.6 is 0 Å². The molecule has 0 amide bonds. The number of aliphatic hydroxyl groups is 1. The van der Waals surface area contributed by atoms with Crippen LogP contribution in [0.15, 0.2) is 42.6 Å². The third-order valence-corrected chi connectivity index (χ3v) is 2.92. The molecule has 2 N–H and O–H groups in total. The van der Waals surface area contributed by atoms with Crippen LogP contribution in [0.2, 0.25) is 0 Å². The minimum atomic E-state index is -4.83. The molecular formula is C15H12F3N3O2. The Balaban J connectivity index is 2.25. The number of aliphatic hydroxyl groups excluding tert-OH is 1. The normalized spacial score (nSPS) is 12.3. The molecule has 0 aliphatic heterocycles. The summed E-state index contributed by atoms with van der Waals surface area (Å²) in [4.78, 5) is 3.84. The van der Waals surface area contributed by atoms with E-state index in [1.165, 1.54) is 30.5 Å². The van der Waals surface area contributed by atoms with Crippen LogP contribution in [0.4, 0.5) is 18.9 Å². The summed E-state index contributed by atoms with van der Waals surface area (Å²) >= 11 is 0. The summed E-state index contributed by atoms with van der Waals surface area (Å²) in [6.45, 7) is -0.460. The van der Waals surface area contributed by atoms with E-state index in [1.807, 2.05) is 6.07 Å². The molecule has 0 radical (unpaired) electrons. The van der Waals surface area contributed by atoms with Gasteiger partial charge in [-0.15, -0.1) is 13.2 Å². The van der Waals surface area contributed by atoms with Crippen LogP contribution in [0.3, 0.4) is 0 Å². The molecule has 1 aromatic heterocycles. The zero-order valence-electron chi connectivity index (χ0n) is 11.7. The third kappa shape index (κ3) is 4.59. The van der Waals surface area contributed by atoms with Crippen molar-refractivity contribution in [1.82, 2.24) is 4.98 Å². The predicted octanol–water partition coefficient (Wildman–Crippen LogP) is 3.00. The van der Waals surface area contributed by atoms with Crippen molar-refractivity contribution in [2.75, 3.05) is 11.9 Å². The highest BCUT2D eigenvalue weighted by Gasteiger charge is 2.32. The molecule has 0 saturated heterocycles. The van der Waals surface area contributed by atoms with Gasteiger partial charge in [-0.05, 0) is 18.2 Å². The van der Waals surface area contributed by atoms with Gasteiger partial charge in [0.05, 0.1) is 24.5 Å². The minimum Gasteiger partial charge on any atom is -0.405 e. The molecule has 5 nitrogen and oxygen atoms in total. The zero-order chi connectivity index (χ0) is 16.9. The molecule has 1 atom stereocenters. The molecule has 2 aromatic rings. The predicted molar refractivity (Wildman–Crippen MR) is 75.5 cm³/mol. The number of pyridine rings is 1. The average molecular weight is 323 g/mol. The number of nitrogens with one attached hydrogen (secondary N) is 1. The Morgan fingerprint density at radius 1 is 1.26 bits per heavy atom. The molecule has 0 aliphatic rings. The Morgan fingerprint density at radius 2 is 2.00 bits per heavy atom. The Morgan fingerprint density at radius 3 is 2.57 bits per heavy atom. The summed E-state index contributed by atoms with van der Waals surface area (Å²) in [6.07, 6.45) is -3.47. The van der Waals surface area contributed by atoms with Crippen LogP contribution in [-0.4, -0.2) is 23.1 Å². The number of nitriles is 1. The van der Waals surface area contributed by atoms with E-state index in [0.717, 1.165) is 0 Å². The summed E-state index contributed by atoms with van der Waals surface area (Å²) in [7, 11) is 0. The van der Waals surface area contributed by atoms with Crippen molar-refractivity contribution in [3.8, 4) is 11.8 Å². The number of benzene rings is 1. The van der Waals surface area contributed by atoms with Gasteiger partial charge in [0.25, 0.3) is 0 Å². The second kappa shape index (κ2) is 6.98. The van der Waals surface area contributed by atoms with Crippen molar-refractivity contribution in [2.24, 2.45) is 0 Å². The lowest BCUT2D eigenvalue weighted by molar-refractivity contribution is -0.275. The standard InChI is InChI=1S/C15H12F3N3O2/c16-15(17,18)23-14-4-2-1-3-12(14)13(9-22)21-11-6-5-10(7-19)20-8-11/h1-6,8,13,21-22H,9H2/t13-/m1/s1. The van der Waals surface area contributed by atoms with E-state index in [2.05, 4.69) is 15.0 Å². The average Bonchev–Trinajstić information content (AvgIpc) is 2.52. The molecule has 1 heterocycles. The van der Waals surface area contributed by atoms with Gasteiger partial charge in [-0.3, -0.25) is 0 Å². The summed E-state index contributed by atoms with van der Waals surface area (Å²) in [5, 5.41) is 21.0. The molecule has 23 heavy (non-hydrogen) atoms. The molecule has 0 unspecified atom stereocenters. The van der Waals surface area contributed by atoms with Gasteiger partial charge < -0.3 is 15.2 Å². The van der Waals surface area contributed by atoms with Crippen LogP contribution in [-0.2, 0) is 0 Å². The van der Waals surface area contributed by atoms with Gasteiger partial charge >= 0.3 is 6.36 Å². The summed E-state index contributed by atoms with van der Waals surface area (Å²) in [5.41, 5.74) is 0.804. The van der Waals surface area contributed by atoms with Gasteiger partial charge in [-0.1, -0.05) is 18.2 Å². The number of alkyl halides is 3. The maximum absolute atomic E-state index is 12.5. The molecule has 1 aromatic carbocycles. The summed E-state index contributed by atoms with van der Waals surface area (Å²) in [6, 6.07) is 9.56. The van der Waals surface area contributed by atoms with Gasteiger partial charge in [0.15, 0.2) is 0 Å². The van der Waals surface area contributed by atoms with E-state index < -0.39 is 24.8 Å². The van der Waals surface area contributed by atoms with E-state index in [4.69, 9.17) is 5.26 Å². The van der Waals surface area contributed by atoms with Crippen molar-refractivity contribution < 1.29 is 23.0 Å². The van der Waals surface area contributed by atoms with Gasteiger partial charge in [0.1, 0.15) is 17.5 Å². The van der Waals surface area contributed by atoms with Gasteiger partial charge in [-0.25, -0.2) is 4.98 Å². The fourth-order valence-electron chi connectivity index (χ4n) is 1.95. The number of para-hydroxylation sites is 1. The number of aromatic nitrogens is 1. The number of ether oxygens (including phenoxy) is 1. The van der Waals surface area contributed by atoms with Crippen molar-refractivity contribution in [1.29, 1.82) is 5.26 Å². The number of anilines is 1. The zero-order valence-corrected chi connectivity index (χ0v) is 11.7. The highest BCUT2D eigenvalue weighted by molar-refractivity contribution is 5.47. The Kier molecular flexibility index (Phi) is 5.03. The molecule has 120 valence electrons. The van der Waals surface area contributed by atoms with Crippen LogP contribution in [0.25, 0.3) is 0 Å². The molecule has 0 saturated carbocycles. The number of halogens is 3. The van der Waals surface area contributed by atoms with Gasteiger partial charge in [0, 0.05) is 5.56 Å². The number of hydrogen-bond acceptors (Lipinski definition) is 5. The Bertz CT molecular complexity index is 696. The molecular weight excluding hydrogens is 311 g/mol. The van der Waals surface area contributed by atoms with E-state index in [-0.39, 0.29) is 11.3 Å². The first-order chi connectivity index (χ1) is 10.9. The number of nitrogens with zero attached hydrogens (tertiary/aromatic N) is 2. The first-order valence-electron chi connectivity index (χ1n) is 6.51. The van der Waals surface area contributed by atoms with E-state index in [9.17, 15) is 18.3 Å². The summed E-state index contributed by atoms with van der Waals surface area (Å²) < 4.78 is 41.3. The maximum atomic E-state index is 12.5. The van der Waals surface area contributed by atoms with Crippen LogP contribution in [0, 0.1) is 11.3 Å². The molecule has 0 bridgehead atoms. The Labute approximate surface area is 130 Å². The molecule has 0 spiro atoms. The van der Waals surface area contributed by atoms with E-state index >= 15 is 0 Å². The van der Waals surface area contributed by atoms with Crippen LogP contribution in [0.5, 0.6) is 5.75 Å². The number of hydrogen-bond donors (Lipinski definition) is 2. The van der Waals surface area contributed by atoms with E-state index in [0.29, 0.717) is 5.69 Å². The second-order valence-electron chi connectivity index (χ2n) is 4.51. The largest absolute Gasteiger partial charge is 0.573 e. The third-order valence-electron chi connectivity index (χ3n) is 2.92. The summed E-state index contributed by atoms with van der Waals surface area (Å²) in [5.74, 6) is -0.395. The van der Waals surface area contributed by atoms with Gasteiger partial charge in [0.2, 0.25) is 0 Å². The van der Waals surface area contributed by atoms with E-state index in [1.54, 1.807) is 12.1 Å². The Hall–Kier alpha value is -2.79. The lowest BCUT2D eigenvalue weighted by Gasteiger charge is -2.21.